The highest BCUT2D eigenvalue weighted by Crippen LogP contribution is 2.26. The number of aromatic hydroxyl groups is 2. The molecule has 52 heavy (non-hydrogen) atoms. The number of hydrazine groups is 2. The molecule has 2 atom stereocenters. The topological polar surface area (TPSA) is 157 Å². The van der Waals surface area contributed by atoms with Crippen LogP contribution in [0.25, 0.3) is 0 Å². The molecular weight excluding hydrogens is 656 g/mol. The summed E-state index contributed by atoms with van der Waals surface area (Å²) in [5, 5.41) is 21.4. The van der Waals surface area contributed by atoms with Crippen molar-refractivity contribution in [3.05, 3.63) is 58.7 Å². The number of carbonyl (C=O) groups excluding carboxylic acids is 4. The van der Waals surface area contributed by atoms with Crippen LogP contribution >= 0.6 is 0 Å². The van der Waals surface area contributed by atoms with Crippen molar-refractivity contribution in [2.75, 3.05) is 0 Å². The summed E-state index contributed by atoms with van der Waals surface area (Å²) in [6.45, 7) is 8.10. The van der Waals surface area contributed by atoms with Gasteiger partial charge in [-0.3, -0.25) is 40.9 Å². The van der Waals surface area contributed by atoms with Gasteiger partial charge in [0.15, 0.2) is 0 Å². The van der Waals surface area contributed by atoms with Gasteiger partial charge in [-0.15, -0.1) is 0 Å². The van der Waals surface area contributed by atoms with Crippen LogP contribution in [0, 0.1) is 11.8 Å². The molecule has 290 valence electrons. The van der Waals surface area contributed by atoms with Crippen LogP contribution in [0.2, 0.25) is 0 Å². The average molecular weight is 723 g/mol. The smallest absolute Gasteiger partial charge is 0.273 e. The zero-order valence-electron chi connectivity index (χ0n) is 32.3. The lowest BCUT2D eigenvalue weighted by Crippen LogP contribution is -2.44. The van der Waals surface area contributed by atoms with E-state index >= 15 is 0 Å². The summed E-state index contributed by atoms with van der Waals surface area (Å²) in [6.07, 6.45) is 19.3. The third-order valence-electron chi connectivity index (χ3n) is 9.93. The van der Waals surface area contributed by atoms with Crippen LogP contribution in [-0.4, -0.2) is 33.8 Å². The van der Waals surface area contributed by atoms with Gasteiger partial charge in [-0.25, -0.2) is 0 Å². The number of phenols is 2. The van der Waals surface area contributed by atoms with Gasteiger partial charge in [-0.2, -0.15) is 0 Å². The molecule has 2 unspecified atom stereocenters. The van der Waals surface area contributed by atoms with E-state index in [4.69, 9.17) is 0 Å². The van der Waals surface area contributed by atoms with Gasteiger partial charge in [0.05, 0.1) is 11.1 Å². The minimum absolute atomic E-state index is 0.0386. The second kappa shape index (κ2) is 25.8. The van der Waals surface area contributed by atoms with Crippen molar-refractivity contribution < 1.29 is 29.4 Å². The number of para-hydroxylation sites is 2. The molecule has 0 saturated carbocycles. The molecule has 0 aliphatic heterocycles. The third kappa shape index (κ3) is 16.1. The van der Waals surface area contributed by atoms with Crippen LogP contribution in [0.5, 0.6) is 11.5 Å². The first-order chi connectivity index (χ1) is 25.1. The maximum absolute atomic E-state index is 12.8. The van der Waals surface area contributed by atoms with Gasteiger partial charge in [-0.1, -0.05) is 135 Å². The van der Waals surface area contributed by atoms with Gasteiger partial charge in [0.25, 0.3) is 11.8 Å². The highest BCUT2D eigenvalue weighted by Gasteiger charge is 2.20. The Morgan fingerprint density at radius 3 is 1.44 bits per heavy atom. The lowest BCUT2D eigenvalue weighted by atomic mass is 9.96. The van der Waals surface area contributed by atoms with E-state index in [-0.39, 0.29) is 46.3 Å². The summed E-state index contributed by atoms with van der Waals surface area (Å²) in [6, 6.07) is 10.3. The van der Waals surface area contributed by atoms with Crippen molar-refractivity contribution in [1.82, 2.24) is 21.7 Å². The second-order valence-electron chi connectivity index (χ2n) is 14.2. The van der Waals surface area contributed by atoms with Crippen molar-refractivity contribution in [1.29, 1.82) is 0 Å². The first kappa shape index (κ1) is 44.1. The molecule has 0 saturated heterocycles. The minimum atomic E-state index is -0.559. The maximum atomic E-state index is 12.8. The molecule has 0 bridgehead atoms. The molecule has 4 amide bonds. The number of benzene rings is 2. The second-order valence-corrected chi connectivity index (χ2v) is 14.2. The Labute approximate surface area is 312 Å². The number of carbonyl (C=O) groups is 4. The van der Waals surface area contributed by atoms with E-state index in [0.717, 1.165) is 56.1 Å². The van der Waals surface area contributed by atoms with E-state index in [0.29, 0.717) is 32.1 Å². The highest BCUT2D eigenvalue weighted by atomic mass is 16.3. The molecular formula is C42H66N4O6. The van der Waals surface area contributed by atoms with Crippen LogP contribution in [-0.2, 0) is 22.4 Å². The lowest BCUT2D eigenvalue weighted by Gasteiger charge is -2.17. The molecule has 0 radical (unpaired) electrons. The van der Waals surface area contributed by atoms with Gasteiger partial charge >= 0.3 is 0 Å². The summed E-state index contributed by atoms with van der Waals surface area (Å²) >= 11 is 0. The van der Waals surface area contributed by atoms with Gasteiger partial charge in [-0.05, 0) is 68.2 Å². The predicted octanol–water partition coefficient (Wildman–Crippen LogP) is 8.74. The predicted molar refractivity (Wildman–Crippen MR) is 208 cm³/mol. The van der Waals surface area contributed by atoms with E-state index in [2.05, 4.69) is 35.6 Å². The minimum Gasteiger partial charge on any atom is -0.507 e. The van der Waals surface area contributed by atoms with Crippen molar-refractivity contribution in [3.63, 3.8) is 0 Å². The normalized spacial score (nSPS) is 12.2. The standard InChI is InChI=1S/C42H66N4O6/c1-5-8-10-12-14-18-25-33-27-21-29-35(37(33)47)41(51)45-43-39(49)31(4)23-17-16-20-24-32(7-3)40(50)44-46-42(52)36-30-22-28-34(38(36)48)26-19-15-13-11-9-6-2/h21-22,27-32,47-48H,5-20,23-26H2,1-4H3,(H,43,49)(H,44,50)(H,45,51)(H,46,52). The van der Waals surface area contributed by atoms with E-state index < -0.39 is 11.8 Å². The van der Waals surface area contributed by atoms with Gasteiger partial charge < -0.3 is 10.2 Å². The number of nitrogens with one attached hydrogen (secondary N) is 4. The zero-order chi connectivity index (χ0) is 38.1. The number of hydrogen-bond donors (Lipinski definition) is 6. The number of aryl methyl sites for hydroxylation is 2. The van der Waals surface area contributed by atoms with Crippen LogP contribution in [0.4, 0.5) is 0 Å². The number of unbranched alkanes of at least 4 members (excludes halogenated alkanes) is 12. The molecule has 10 nitrogen and oxygen atoms in total. The molecule has 6 N–H and O–H groups in total. The van der Waals surface area contributed by atoms with Gasteiger partial charge in [0, 0.05) is 11.8 Å². The van der Waals surface area contributed by atoms with Crippen molar-refractivity contribution >= 4 is 23.6 Å². The molecule has 0 aliphatic carbocycles. The van der Waals surface area contributed by atoms with E-state index in [1.54, 1.807) is 31.2 Å². The molecule has 0 fully saturated rings. The SMILES string of the molecule is CCCCCCCCc1cccc(C(=O)NNC(=O)C(C)CCCCCC(CC)C(=O)NNC(=O)c2cccc(CCCCCCCC)c2O)c1O. The van der Waals surface area contributed by atoms with Crippen molar-refractivity contribution in [2.24, 2.45) is 11.8 Å². The van der Waals surface area contributed by atoms with Crippen LogP contribution in [0.3, 0.4) is 0 Å². The molecule has 0 heterocycles. The first-order valence-electron chi connectivity index (χ1n) is 20.0. The number of phenolic OH excluding ortho intramolecular Hbond substituents is 2. The van der Waals surface area contributed by atoms with E-state index in [9.17, 15) is 29.4 Å². The van der Waals surface area contributed by atoms with Gasteiger partial charge in [0.2, 0.25) is 11.8 Å². The molecule has 2 aromatic carbocycles. The van der Waals surface area contributed by atoms with E-state index in [1.165, 1.54) is 51.4 Å². The van der Waals surface area contributed by atoms with E-state index in [1.807, 2.05) is 19.1 Å². The van der Waals surface area contributed by atoms with Gasteiger partial charge in [0.1, 0.15) is 11.5 Å². The summed E-state index contributed by atoms with van der Waals surface area (Å²) in [7, 11) is 0. The molecule has 2 rings (SSSR count). The molecule has 2 aromatic rings. The number of rotatable bonds is 25. The van der Waals surface area contributed by atoms with Crippen LogP contribution < -0.4 is 21.7 Å². The Hall–Kier alpha value is -4.08. The fourth-order valence-corrected chi connectivity index (χ4v) is 6.41. The summed E-state index contributed by atoms with van der Waals surface area (Å²) in [5.41, 5.74) is 11.7. The fraction of sp³-hybridized carbons (Fsp3) is 0.619. The molecule has 0 spiro atoms. The number of amides is 4. The van der Waals surface area contributed by atoms with Crippen LogP contribution in [0.1, 0.15) is 175 Å². The Bertz CT molecular complexity index is 1380. The number of hydrogen-bond acceptors (Lipinski definition) is 6. The monoisotopic (exact) mass is 722 g/mol. The van der Waals surface area contributed by atoms with Crippen LogP contribution in [0.15, 0.2) is 36.4 Å². The van der Waals surface area contributed by atoms with Crippen molar-refractivity contribution in [2.45, 2.75) is 156 Å². The fourth-order valence-electron chi connectivity index (χ4n) is 6.41. The quantitative estimate of drug-likeness (QED) is 0.0445. The summed E-state index contributed by atoms with van der Waals surface area (Å²) in [5.74, 6) is -2.40. The van der Waals surface area contributed by atoms with Crippen molar-refractivity contribution in [3.8, 4) is 11.5 Å². The Balaban J connectivity index is 1.69. The largest absolute Gasteiger partial charge is 0.507 e. The zero-order valence-corrected chi connectivity index (χ0v) is 32.3. The Morgan fingerprint density at radius 2 is 0.962 bits per heavy atom. The first-order valence-corrected chi connectivity index (χ1v) is 20.0. The maximum Gasteiger partial charge on any atom is 0.273 e. The molecule has 0 aromatic heterocycles. The average Bonchev–Trinajstić information content (AvgIpc) is 3.14. The molecule has 0 aliphatic rings. The summed E-state index contributed by atoms with van der Waals surface area (Å²) < 4.78 is 0. The lowest BCUT2D eigenvalue weighted by molar-refractivity contribution is -0.126. The molecule has 10 heteroatoms. The summed E-state index contributed by atoms with van der Waals surface area (Å²) in [4.78, 5) is 51.0. The Morgan fingerprint density at radius 1 is 0.538 bits per heavy atom. The third-order valence-corrected chi connectivity index (χ3v) is 9.93. The Kier molecular flexibility index (Phi) is 21.9. The highest BCUT2D eigenvalue weighted by molar-refractivity contribution is 5.99.